The molecular weight excluding hydrogens is 377 g/mol. The topological polar surface area (TPSA) is 54.0 Å². The summed E-state index contributed by atoms with van der Waals surface area (Å²) in [6.07, 6.45) is 3.57. The van der Waals surface area contributed by atoms with Gasteiger partial charge in [0.05, 0.1) is 0 Å². The Morgan fingerprint density at radius 3 is 1.29 bits per heavy atom. The summed E-state index contributed by atoms with van der Waals surface area (Å²) in [7, 11) is 0. The average molecular weight is 395 g/mol. The Hall–Kier alpha value is -4.01. The van der Waals surface area contributed by atoms with Gasteiger partial charge in [0.15, 0.2) is 0 Å². The summed E-state index contributed by atoms with van der Waals surface area (Å²) in [4.78, 5) is 17.6. The van der Waals surface area contributed by atoms with E-state index in [0.717, 1.165) is 44.6 Å². The SMILES string of the molecule is [Be+2].c1ccc(-c2cc3ccccc3[n-]2)nc1.c1ccc(-c2cc3ccccc3[n-]2)nc1. The Labute approximate surface area is 184 Å². The monoisotopic (exact) mass is 395 g/mol. The van der Waals surface area contributed by atoms with Crippen LogP contribution in [0.25, 0.3) is 44.6 Å². The van der Waals surface area contributed by atoms with Crippen molar-refractivity contribution in [2.45, 2.75) is 0 Å². The van der Waals surface area contributed by atoms with E-state index in [4.69, 9.17) is 0 Å². The maximum Gasteiger partial charge on any atom is 2.00 e. The third-order valence-corrected chi connectivity index (χ3v) is 4.79. The molecule has 4 aromatic heterocycles. The number of benzene rings is 2. The number of hydrogen-bond acceptors (Lipinski definition) is 2. The molecule has 0 atom stereocenters. The summed E-state index contributed by atoms with van der Waals surface area (Å²) in [5.74, 6) is 0. The molecule has 6 rings (SSSR count). The zero-order valence-corrected chi connectivity index (χ0v) is 16.9. The zero-order valence-electron chi connectivity index (χ0n) is 16.9. The van der Waals surface area contributed by atoms with Gasteiger partial charge >= 0.3 is 10.1 Å². The van der Waals surface area contributed by atoms with Crippen LogP contribution in [0.2, 0.25) is 0 Å². The molecule has 5 heteroatoms. The number of rotatable bonds is 2. The van der Waals surface area contributed by atoms with Gasteiger partial charge in [-0.3, -0.25) is 9.97 Å². The van der Waals surface area contributed by atoms with Gasteiger partial charge < -0.3 is 9.97 Å². The van der Waals surface area contributed by atoms with Crippen molar-refractivity contribution in [3.05, 3.63) is 109 Å². The molecular formula is C26H18BeN4. The molecule has 144 valence electrons. The van der Waals surface area contributed by atoms with E-state index in [9.17, 15) is 0 Å². The minimum absolute atomic E-state index is 0. The fraction of sp³-hybridized carbons (Fsp3) is 0. The second-order valence-electron chi connectivity index (χ2n) is 6.83. The van der Waals surface area contributed by atoms with Crippen molar-refractivity contribution in [1.82, 2.24) is 19.9 Å². The van der Waals surface area contributed by atoms with Crippen LogP contribution >= 0.6 is 0 Å². The largest absolute Gasteiger partial charge is 2.00 e. The van der Waals surface area contributed by atoms with Crippen molar-refractivity contribution < 1.29 is 0 Å². The summed E-state index contributed by atoms with van der Waals surface area (Å²) in [5.41, 5.74) is 5.78. The molecule has 0 aliphatic carbocycles. The summed E-state index contributed by atoms with van der Waals surface area (Å²) in [6, 6.07) is 32.0. The van der Waals surface area contributed by atoms with Crippen molar-refractivity contribution in [2.24, 2.45) is 0 Å². The van der Waals surface area contributed by atoms with E-state index in [-0.39, 0.29) is 10.1 Å². The molecule has 4 nitrogen and oxygen atoms in total. The molecule has 0 saturated carbocycles. The first-order valence-corrected chi connectivity index (χ1v) is 9.74. The van der Waals surface area contributed by atoms with Gasteiger partial charge in [0.2, 0.25) is 0 Å². The van der Waals surface area contributed by atoms with Crippen LogP contribution < -0.4 is 9.97 Å². The second-order valence-corrected chi connectivity index (χ2v) is 6.83. The van der Waals surface area contributed by atoms with Crippen LogP contribution in [0.3, 0.4) is 0 Å². The number of hydrogen-bond donors (Lipinski definition) is 0. The Morgan fingerprint density at radius 1 is 0.484 bits per heavy atom. The molecule has 0 amide bonds. The van der Waals surface area contributed by atoms with E-state index in [2.05, 4.69) is 44.2 Å². The van der Waals surface area contributed by atoms with E-state index in [1.54, 1.807) is 12.4 Å². The third-order valence-electron chi connectivity index (χ3n) is 4.79. The van der Waals surface area contributed by atoms with Crippen LogP contribution in [0.1, 0.15) is 0 Å². The molecule has 2 aromatic carbocycles. The Balaban J connectivity index is 0.000000144. The van der Waals surface area contributed by atoms with Crippen LogP contribution in [0.5, 0.6) is 0 Å². The number of aromatic nitrogens is 4. The molecule has 31 heavy (non-hydrogen) atoms. The van der Waals surface area contributed by atoms with Gasteiger partial charge in [0.25, 0.3) is 0 Å². The number of nitrogens with zero attached hydrogens (tertiary/aromatic N) is 4. The average Bonchev–Trinajstić information content (AvgIpc) is 3.45. The van der Waals surface area contributed by atoms with E-state index >= 15 is 0 Å². The fourth-order valence-electron chi connectivity index (χ4n) is 3.33. The summed E-state index contributed by atoms with van der Waals surface area (Å²) < 4.78 is 0. The van der Waals surface area contributed by atoms with Crippen LogP contribution in [-0.2, 0) is 0 Å². The van der Waals surface area contributed by atoms with E-state index in [1.807, 2.05) is 72.8 Å². The predicted molar refractivity (Wildman–Crippen MR) is 127 cm³/mol. The maximum absolute atomic E-state index is 4.52. The molecule has 0 fully saturated rings. The van der Waals surface area contributed by atoms with Gasteiger partial charge in [0.1, 0.15) is 0 Å². The predicted octanol–water partition coefficient (Wildman–Crippen LogP) is 5.34. The van der Waals surface area contributed by atoms with E-state index in [0.29, 0.717) is 0 Å². The molecule has 0 saturated heterocycles. The molecule has 0 aliphatic heterocycles. The third kappa shape index (κ3) is 4.45. The molecule has 0 radical (unpaired) electrons. The van der Waals surface area contributed by atoms with Crippen LogP contribution in [-0.4, -0.2) is 20.1 Å². The zero-order chi connectivity index (χ0) is 20.2. The summed E-state index contributed by atoms with van der Waals surface area (Å²) >= 11 is 0. The quantitative estimate of drug-likeness (QED) is 0.372. The Kier molecular flexibility index (Phi) is 6.02. The normalized spacial score (nSPS) is 10.3. The van der Waals surface area contributed by atoms with Gasteiger partial charge in [-0.25, -0.2) is 0 Å². The van der Waals surface area contributed by atoms with Gasteiger partial charge in [-0.15, -0.1) is 22.4 Å². The van der Waals surface area contributed by atoms with Gasteiger partial charge in [-0.2, -0.15) is 0 Å². The number of fused-ring (bicyclic) bond motifs is 2. The molecule has 0 aliphatic rings. The fourth-order valence-corrected chi connectivity index (χ4v) is 3.33. The Morgan fingerprint density at radius 2 is 0.903 bits per heavy atom. The standard InChI is InChI=1S/2C13H9N2.Be/c2*1-2-6-11-10(5-1)9-13(15-11)12-7-3-4-8-14-12;/h2*1-9H;/q2*-1;+2. The van der Waals surface area contributed by atoms with Gasteiger partial charge in [-0.1, -0.05) is 72.8 Å². The molecule has 6 aromatic rings. The molecule has 0 spiro atoms. The minimum Gasteiger partial charge on any atom is -0.656 e. The first kappa shape index (κ1) is 20.3. The van der Waals surface area contributed by atoms with Crippen molar-refractivity contribution in [2.75, 3.05) is 0 Å². The van der Waals surface area contributed by atoms with Crippen molar-refractivity contribution >= 4 is 31.9 Å². The van der Waals surface area contributed by atoms with Crippen molar-refractivity contribution in [1.29, 1.82) is 0 Å². The maximum atomic E-state index is 4.52. The number of pyridine rings is 2. The van der Waals surface area contributed by atoms with Crippen LogP contribution in [0.15, 0.2) is 109 Å². The first-order chi connectivity index (χ1) is 14.9. The van der Waals surface area contributed by atoms with Crippen LogP contribution in [0, 0.1) is 0 Å². The van der Waals surface area contributed by atoms with E-state index in [1.165, 1.54) is 0 Å². The van der Waals surface area contributed by atoms with Crippen molar-refractivity contribution in [3.63, 3.8) is 0 Å². The minimum atomic E-state index is 0. The van der Waals surface area contributed by atoms with Crippen LogP contribution in [0.4, 0.5) is 0 Å². The molecule has 4 heterocycles. The molecule has 0 N–H and O–H groups in total. The number of para-hydroxylation sites is 2. The smallest absolute Gasteiger partial charge is 0.656 e. The second kappa shape index (κ2) is 9.20. The van der Waals surface area contributed by atoms with E-state index < -0.39 is 0 Å². The molecule has 0 unspecified atom stereocenters. The van der Waals surface area contributed by atoms with Gasteiger partial charge in [0, 0.05) is 23.8 Å². The van der Waals surface area contributed by atoms with Gasteiger partial charge in [-0.05, 0) is 35.0 Å². The van der Waals surface area contributed by atoms with Crippen molar-refractivity contribution in [3.8, 4) is 22.8 Å². The summed E-state index contributed by atoms with van der Waals surface area (Å²) in [6.45, 7) is 0. The first-order valence-electron chi connectivity index (χ1n) is 9.74. The molecule has 0 bridgehead atoms. The Bertz CT molecular complexity index is 1210. The summed E-state index contributed by atoms with van der Waals surface area (Å²) in [5, 5.41) is 2.33.